The predicted octanol–water partition coefficient (Wildman–Crippen LogP) is 5.05. The van der Waals surface area contributed by atoms with E-state index in [2.05, 4.69) is 27.3 Å². The van der Waals surface area contributed by atoms with Crippen molar-refractivity contribution in [2.45, 2.75) is 26.3 Å². The minimum absolute atomic E-state index is 0.180. The highest BCUT2D eigenvalue weighted by molar-refractivity contribution is 6.35. The van der Waals surface area contributed by atoms with E-state index in [1.807, 2.05) is 54.8 Å². The molecule has 5 rings (SSSR count). The average Bonchev–Trinajstić information content (AvgIpc) is 3.34. The molecule has 0 aliphatic carbocycles. The van der Waals surface area contributed by atoms with Gasteiger partial charge in [-0.3, -0.25) is 9.56 Å². The third kappa shape index (κ3) is 2.96. The van der Waals surface area contributed by atoms with Gasteiger partial charge in [0.25, 0.3) is 5.89 Å². The van der Waals surface area contributed by atoms with Crippen molar-refractivity contribution in [2.75, 3.05) is 0 Å². The molecule has 3 heterocycles. The minimum Gasteiger partial charge on any atom is -0.332 e. The molecule has 1 aliphatic rings. The first-order valence-electron chi connectivity index (χ1n) is 9.43. The normalized spacial score (nSPS) is 13.0. The van der Waals surface area contributed by atoms with Crippen molar-refractivity contribution in [1.82, 2.24) is 19.7 Å². The Labute approximate surface area is 172 Å². The quantitative estimate of drug-likeness (QED) is 0.480. The Bertz CT molecular complexity index is 1240. The maximum Gasteiger partial charge on any atom is 0.278 e. The zero-order valence-corrected chi connectivity index (χ0v) is 16.8. The van der Waals surface area contributed by atoms with Gasteiger partial charge >= 0.3 is 0 Å². The third-order valence-corrected chi connectivity index (χ3v) is 5.29. The van der Waals surface area contributed by atoms with E-state index in [1.165, 1.54) is 0 Å². The van der Waals surface area contributed by atoms with Gasteiger partial charge < -0.3 is 4.52 Å². The molecule has 0 spiro atoms. The summed E-state index contributed by atoms with van der Waals surface area (Å²) in [6.45, 7) is 4.47. The zero-order valence-electron chi connectivity index (χ0n) is 16.0. The minimum atomic E-state index is 0.180. The van der Waals surface area contributed by atoms with Crippen LogP contribution in [0.5, 0.6) is 0 Å². The van der Waals surface area contributed by atoms with Crippen LogP contribution in [0.1, 0.15) is 42.4 Å². The summed E-state index contributed by atoms with van der Waals surface area (Å²) >= 11 is 6.49. The lowest BCUT2D eigenvalue weighted by Gasteiger charge is -2.12. The average molecular weight is 404 g/mol. The maximum absolute atomic E-state index is 6.49. The fourth-order valence-electron chi connectivity index (χ4n) is 3.48. The van der Waals surface area contributed by atoms with Gasteiger partial charge in [0.15, 0.2) is 11.5 Å². The van der Waals surface area contributed by atoms with E-state index < -0.39 is 0 Å². The standard InChI is InChI=1S/C22H18ClN5O/c1-13(2)21-26-22(29-27-21)20-18-11-24-19(14-7-3-5-9-16(14)23)15-8-4-6-10-17(15)28(18)12-25-20/h3-10,12-13H,11H2,1-2H3. The van der Waals surface area contributed by atoms with Gasteiger partial charge in [-0.2, -0.15) is 4.98 Å². The summed E-state index contributed by atoms with van der Waals surface area (Å²) < 4.78 is 7.53. The summed E-state index contributed by atoms with van der Waals surface area (Å²) in [7, 11) is 0. The second-order valence-electron chi connectivity index (χ2n) is 7.18. The number of fused-ring (bicyclic) bond motifs is 3. The van der Waals surface area contributed by atoms with Gasteiger partial charge in [0.1, 0.15) is 6.33 Å². The summed E-state index contributed by atoms with van der Waals surface area (Å²) in [5.41, 5.74) is 5.30. The number of benzene rings is 2. The Kier molecular flexibility index (Phi) is 4.28. The van der Waals surface area contributed by atoms with Crippen LogP contribution in [0.15, 0.2) is 64.4 Å². The summed E-state index contributed by atoms with van der Waals surface area (Å²) in [4.78, 5) is 14.0. The molecule has 6 nitrogen and oxygen atoms in total. The smallest absolute Gasteiger partial charge is 0.278 e. The molecule has 4 aromatic rings. The molecule has 2 aromatic carbocycles. The van der Waals surface area contributed by atoms with Crippen molar-refractivity contribution in [3.63, 3.8) is 0 Å². The van der Waals surface area contributed by atoms with Gasteiger partial charge in [-0.05, 0) is 12.1 Å². The largest absolute Gasteiger partial charge is 0.332 e. The second kappa shape index (κ2) is 6.97. The van der Waals surface area contributed by atoms with Crippen molar-refractivity contribution >= 4 is 17.3 Å². The second-order valence-corrected chi connectivity index (χ2v) is 7.59. The molecule has 0 saturated heterocycles. The lowest BCUT2D eigenvalue weighted by Crippen LogP contribution is -2.07. The van der Waals surface area contributed by atoms with Crippen LogP contribution in [0.3, 0.4) is 0 Å². The molecule has 0 atom stereocenters. The fraction of sp³-hybridized carbons (Fsp3) is 0.182. The number of hydrogen-bond donors (Lipinski definition) is 0. The molecule has 0 radical (unpaired) electrons. The predicted molar refractivity (Wildman–Crippen MR) is 112 cm³/mol. The number of imidazole rings is 1. The van der Waals surface area contributed by atoms with Crippen LogP contribution in [-0.2, 0) is 6.54 Å². The SMILES string of the molecule is CC(C)c1noc(-c2ncn3c2CN=C(c2ccccc2Cl)c2ccccc2-3)n1. The highest BCUT2D eigenvalue weighted by atomic mass is 35.5. The van der Waals surface area contributed by atoms with Crippen LogP contribution in [0.25, 0.3) is 17.3 Å². The lowest BCUT2D eigenvalue weighted by molar-refractivity contribution is 0.418. The number of aromatic nitrogens is 4. The van der Waals surface area contributed by atoms with E-state index in [0.717, 1.165) is 28.2 Å². The van der Waals surface area contributed by atoms with E-state index in [1.54, 1.807) is 6.33 Å². The summed E-state index contributed by atoms with van der Waals surface area (Å²) in [6, 6.07) is 15.9. The fourth-order valence-corrected chi connectivity index (χ4v) is 3.71. The molecule has 0 saturated carbocycles. The molecular formula is C22H18ClN5O. The Morgan fingerprint density at radius 1 is 1.03 bits per heavy atom. The molecule has 2 aromatic heterocycles. The molecule has 0 N–H and O–H groups in total. The van der Waals surface area contributed by atoms with Crippen LogP contribution in [0.4, 0.5) is 0 Å². The highest BCUT2D eigenvalue weighted by Crippen LogP contribution is 2.31. The molecule has 0 amide bonds. The van der Waals surface area contributed by atoms with Gasteiger partial charge in [-0.1, -0.05) is 67.0 Å². The van der Waals surface area contributed by atoms with Crippen molar-refractivity contribution in [1.29, 1.82) is 0 Å². The summed E-state index contributed by atoms with van der Waals surface area (Å²) in [5, 5.41) is 4.74. The van der Waals surface area contributed by atoms with E-state index in [-0.39, 0.29) is 5.92 Å². The topological polar surface area (TPSA) is 69.1 Å². The lowest BCUT2D eigenvalue weighted by atomic mass is 10.0. The number of aliphatic imine (C=N–C) groups is 1. The summed E-state index contributed by atoms with van der Waals surface area (Å²) in [5.74, 6) is 1.26. The van der Waals surface area contributed by atoms with Gasteiger partial charge in [-0.25, -0.2) is 4.98 Å². The van der Waals surface area contributed by atoms with Crippen LogP contribution in [0.2, 0.25) is 5.02 Å². The monoisotopic (exact) mass is 403 g/mol. The maximum atomic E-state index is 6.49. The zero-order chi connectivity index (χ0) is 20.0. The molecule has 144 valence electrons. The van der Waals surface area contributed by atoms with Crippen LogP contribution >= 0.6 is 11.6 Å². The first-order valence-corrected chi connectivity index (χ1v) is 9.80. The van der Waals surface area contributed by atoms with E-state index >= 15 is 0 Å². The number of para-hydroxylation sites is 1. The molecule has 0 unspecified atom stereocenters. The molecule has 29 heavy (non-hydrogen) atoms. The van der Waals surface area contributed by atoms with E-state index in [4.69, 9.17) is 21.1 Å². The van der Waals surface area contributed by atoms with Gasteiger partial charge in [-0.15, -0.1) is 0 Å². The van der Waals surface area contributed by atoms with E-state index in [0.29, 0.717) is 29.0 Å². The highest BCUT2D eigenvalue weighted by Gasteiger charge is 2.25. The molecular weight excluding hydrogens is 386 g/mol. The summed E-state index contributed by atoms with van der Waals surface area (Å²) in [6.07, 6.45) is 1.79. The van der Waals surface area contributed by atoms with Gasteiger partial charge in [0, 0.05) is 22.1 Å². The van der Waals surface area contributed by atoms with Crippen molar-refractivity contribution in [2.24, 2.45) is 4.99 Å². The van der Waals surface area contributed by atoms with Crippen LogP contribution in [-0.4, -0.2) is 25.4 Å². The molecule has 1 aliphatic heterocycles. The van der Waals surface area contributed by atoms with Gasteiger partial charge in [0.2, 0.25) is 0 Å². The first-order chi connectivity index (χ1) is 14.1. The Hall–Kier alpha value is -3.25. The number of hydrogen-bond acceptors (Lipinski definition) is 5. The van der Waals surface area contributed by atoms with Crippen LogP contribution in [0, 0.1) is 0 Å². The van der Waals surface area contributed by atoms with Crippen molar-refractivity contribution < 1.29 is 4.52 Å². The number of rotatable bonds is 3. The Balaban J connectivity index is 1.69. The third-order valence-electron chi connectivity index (χ3n) is 4.96. The first kappa shape index (κ1) is 17.8. The van der Waals surface area contributed by atoms with E-state index in [9.17, 15) is 0 Å². The van der Waals surface area contributed by atoms with Crippen molar-refractivity contribution in [3.05, 3.63) is 82.5 Å². The molecule has 0 fully saturated rings. The Morgan fingerprint density at radius 2 is 1.79 bits per heavy atom. The van der Waals surface area contributed by atoms with Crippen molar-refractivity contribution in [3.8, 4) is 17.3 Å². The number of halogens is 1. The van der Waals surface area contributed by atoms with Crippen LogP contribution < -0.4 is 0 Å². The number of nitrogens with zero attached hydrogens (tertiary/aromatic N) is 5. The van der Waals surface area contributed by atoms with Gasteiger partial charge in [0.05, 0.1) is 23.6 Å². The molecule has 7 heteroatoms. The Morgan fingerprint density at radius 3 is 2.55 bits per heavy atom. The molecule has 0 bridgehead atoms.